The molecule has 342 valence electrons. The normalized spacial score (nSPS) is 13.3. The number of hydrogen-bond acceptors (Lipinski definition) is 4. The van der Waals surface area contributed by atoms with E-state index < -0.39 is 18.2 Å². The minimum atomic E-state index is -1.13. The van der Waals surface area contributed by atoms with Crippen molar-refractivity contribution in [1.29, 1.82) is 0 Å². The lowest BCUT2D eigenvalue weighted by Crippen LogP contribution is -2.50. The van der Waals surface area contributed by atoms with Crippen LogP contribution in [0.1, 0.15) is 303 Å². The Kier molecular flexibility index (Phi) is 47.5. The van der Waals surface area contributed by atoms with Crippen molar-refractivity contribution < 1.29 is 20.1 Å². The van der Waals surface area contributed by atoms with Crippen molar-refractivity contribution in [2.24, 2.45) is 0 Å². The van der Waals surface area contributed by atoms with Crippen LogP contribution in [0.4, 0.5) is 0 Å². The van der Waals surface area contributed by atoms with Gasteiger partial charge in [-0.25, -0.2) is 0 Å². The summed E-state index contributed by atoms with van der Waals surface area (Å²) in [5, 5.41) is 33.5. The second kappa shape index (κ2) is 48.0. The average Bonchev–Trinajstić information content (AvgIpc) is 3.22. The van der Waals surface area contributed by atoms with Gasteiger partial charge in [-0.3, -0.25) is 4.79 Å². The molecule has 0 heterocycles. The molecule has 0 aliphatic carbocycles. The van der Waals surface area contributed by atoms with Crippen molar-refractivity contribution in [3.8, 4) is 0 Å². The van der Waals surface area contributed by atoms with Crippen LogP contribution in [0.25, 0.3) is 0 Å². The fraction of sp³-hybridized carbons (Fsp3) is 0.981. The van der Waals surface area contributed by atoms with Crippen molar-refractivity contribution in [3.05, 3.63) is 0 Å². The maximum atomic E-state index is 12.4. The Hall–Kier alpha value is -0.650. The highest BCUT2D eigenvalue weighted by Crippen LogP contribution is 2.18. The lowest BCUT2D eigenvalue weighted by Gasteiger charge is -2.26. The van der Waals surface area contributed by atoms with Crippen molar-refractivity contribution in [1.82, 2.24) is 5.32 Å². The summed E-state index contributed by atoms with van der Waals surface area (Å²) in [5.41, 5.74) is 0. The summed E-state index contributed by atoms with van der Waals surface area (Å²) < 4.78 is 0. The number of aliphatic hydroxyl groups is 3. The molecule has 3 atom stereocenters. The third kappa shape index (κ3) is 43.3. The molecule has 4 N–H and O–H groups in total. The minimum absolute atomic E-state index is 0.138. The molecule has 57 heavy (non-hydrogen) atoms. The number of amides is 1. The second-order valence-electron chi connectivity index (χ2n) is 18.4. The first-order valence-corrected chi connectivity index (χ1v) is 26.3. The van der Waals surface area contributed by atoms with E-state index in [1.165, 1.54) is 238 Å². The molecule has 0 radical (unpaired) electrons. The number of carbonyl (C=O) groups is 1. The molecule has 5 nitrogen and oxygen atoms in total. The second-order valence-corrected chi connectivity index (χ2v) is 18.4. The van der Waals surface area contributed by atoms with Crippen LogP contribution in [0.15, 0.2) is 0 Å². The zero-order valence-electron chi connectivity index (χ0n) is 39.0. The Bertz CT molecular complexity index is 762. The van der Waals surface area contributed by atoms with Crippen LogP contribution in [0.2, 0.25) is 0 Å². The molecule has 0 bridgehead atoms. The summed E-state index contributed by atoms with van der Waals surface area (Å²) in [7, 11) is 0. The standard InChI is InChI=1S/C52H105NO4/c1-3-5-7-9-11-13-15-16-17-18-19-20-21-22-23-24-25-26-27-28-29-30-31-32-33-34-35-37-39-41-43-45-47-51(56)53-49(48-54)52(57)50(55)46-44-42-40-38-36-14-12-10-8-6-4-2/h49-50,52,54-55,57H,3-48H2,1-2H3,(H,53,56). The molecule has 0 saturated heterocycles. The number of nitrogens with one attached hydrogen (secondary N) is 1. The van der Waals surface area contributed by atoms with E-state index in [0.29, 0.717) is 12.8 Å². The van der Waals surface area contributed by atoms with Gasteiger partial charge in [0.25, 0.3) is 0 Å². The summed E-state index contributed by atoms with van der Waals surface area (Å²) >= 11 is 0. The van der Waals surface area contributed by atoms with E-state index in [0.717, 1.165) is 38.5 Å². The third-order valence-electron chi connectivity index (χ3n) is 12.7. The van der Waals surface area contributed by atoms with Crippen LogP contribution in [0.3, 0.4) is 0 Å². The fourth-order valence-electron chi connectivity index (χ4n) is 8.64. The number of carbonyl (C=O) groups excluding carboxylic acids is 1. The van der Waals surface area contributed by atoms with Crippen LogP contribution >= 0.6 is 0 Å². The molecular formula is C52H105NO4. The number of unbranched alkanes of at least 4 members (excludes halogenated alkanes) is 41. The molecule has 0 aromatic rings. The Labute approximate surface area is 357 Å². The number of hydrogen-bond donors (Lipinski definition) is 4. The van der Waals surface area contributed by atoms with E-state index in [2.05, 4.69) is 19.2 Å². The molecule has 3 unspecified atom stereocenters. The summed E-state index contributed by atoms with van der Waals surface area (Å²) in [6, 6.07) is -0.802. The van der Waals surface area contributed by atoms with Gasteiger partial charge >= 0.3 is 0 Å². The zero-order chi connectivity index (χ0) is 41.5. The van der Waals surface area contributed by atoms with Crippen LogP contribution in [0, 0.1) is 0 Å². The first kappa shape index (κ1) is 56.4. The van der Waals surface area contributed by atoms with E-state index in [4.69, 9.17) is 0 Å². The topological polar surface area (TPSA) is 89.8 Å². The van der Waals surface area contributed by atoms with E-state index in [1.807, 2.05) is 0 Å². The highest BCUT2D eigenvalue weighted by atomic mass is 16.3. The monoisotopic (exact) mass is 808 g/mol. The predicted molar refractivity (Wildman–Crippen MR) is 250 cm³/mol. The molecule has 0 saturated carbocycles. The van der Waals surface area contributed by atoms with E-state index >= 15 is 0 Å². The highest BCUT2D eigenvalue weighted by molar-refractivity contribution is 5.76. The Morgan fingerprint density at radius 1 is 0.368 bits per heavy atom. The fourth-order valence-corrected chi connectivity index (χ4v) is 8.64. The van der Waals surface area contributed by atoms with Gasteiger partial charge in [-0.2, -0.15) is 0 Å². The lowest BCUT2D eigenvalue weighted by molar-refractivity contribution is -0.124. The molecule has 0 aromatic carbocycles. The molecule has 0 aromatic heterocycles. The predicted octanol–water partition coefficient (Wildman–Crippen LogP) is 15.8. The number of aliphatic hydroxyl groups excluding tert-OH is 3. The van der Waals surface area contributed by atoms with E-state index in [-0.39, 0.29) is 12.5 Å². The molecular weight excluding hydrogens is 703 g/mol. The quantitative estimate of drug-likeness (QED) is 0.0461. The first-order chi connectivity index (χ1) is 28.1. The Morgan fingerprint density at radius 2 is 0.596 bits per heavy atom. The van der Waals surface area contributed by atoms with Crippen molar-refractivity contribution in [2.45, 2.75) is 321 Å². The average molecular weight is 808 g/mol. The lowest BCUT2D eigenvalue weighted by atomic mass is 9.99. The largest absolute Gasteiger partial charge is 0.394 e. The molecule has 0 aliphatic rings. The van der Waals surface area contributed by atoms with E-state index in [9.17, 15) is 20.1 Å². The van der Waals surface area contributed by atoms with Gasteiger partial charge in [0.2, 0.25) is 5.91 Å². The van der Waals surface area contributed by atoms with Crippen molar-refractivity contribution >= 4 is 5.91 Å². The van der Waals surface area contributed by atoms with Crippen LogP contribution in [-0.2, 0) is 4.79 Å². The van der Waals surface area contributed by atoms with Crippen LogP contribution in [-0.4, -0.2) is 46.1 Å². The molecule has 0 rings (SSSR count). The maximum Gasteiger partial charge on any atom is 0.220 e. The summed E-state index contributed by atoms with van der Waals surface area (Å²) in [6.07, 6.45) is 56.9. The van der Waals surface area contributed by atoms with Gasteiger partial charge in [-0.05, 0) is 12.8 Å². The molecule has 0 fully saturated rings. The Balaban J connectivity index is 3.41. The van der Waals surface area contributed by atoms with Gasteiger partial charge in [-0.1, -0.05) is 284 Å². The van der Waals surface area contributed by atoms with Gasteiger partial charge in [0.15, 0.2) is 0 Å². The van der Waals surface area contributed by atoms with Crippen molar-refractivity contribution in [3.63, 3.8) is 0 Å². The summed E-state index contributed by atoms with van der Waals surface area (Å²) in [4.78, 5) is 12.4. The zero-order valence-corrected chi connectivity index (χ0v) is 39.0. The molecule has 0 spiro atoms. The Morgan fingerprint density at radius 3 is 0.842 bits per heavy atom. The minimum Gasteiger partial charge on any atom is -0.394 e. The third-order valence-corrected chi connectivity index (χ3v) is 12.7. The summed E-state index contributed by atoms with van der Waals surface area (Å²) in [6.45, 7) is 4.19. The van der Waals surface area contributed by atoms with Gasteiger partial charge in [-0.15, -0.1) is 0 Å². The van der Waals surface area contributed by atoms with Crippen LogP contribution in [0.5, 0.6) is 0 Å². The molecule has 5 heteroatoms. The summed E-state index contributed by atoms with van der Waals surface area (Å²) in [5.74, 6) is -0.138. The molecule has 1 amide bonds. The maximum absolute atomic E-state index is 12.4. The van der Waals surface area contributed by atoms with Gasteiger partial charge < -0.3 is 20.6 Å². The van der Waals surface area contributed by atoms with E-state index in [1.54, 1.807) is 0 Å². The van der Waals surface area contributed by atoms with Crippen molar-refractivity contribution in [2.75, 3.05) is 6.61 Å². The first-order valence-electron chi connectivity index (χ1n) is 26.3. The number of rotatable bonds is 49. The van der Waals surface area contributed by atoms with Crippen LogP contribution < -0.4 is 5.32 Å². The van der Waals surface area contributed by atoms with Gasteiger partial charge in [0.1, 0.15) is 6.10 Å². The molecule has 0 aliphatic heterocycles. The van der Waals surface area contributed by atoms with Gasteiger partial charge in [0, 0.05) is 6.42 Å². The SMILES string of the molecule is CCCCCCCCCCCCCCCCCCCCCCCCCCCCCCCCCCC(=O)NC(CO)C(O)C(O)CCCCCCCCCCCCC. The van der Waals surface area contributed by atoms with Gasteiger partial charge in [0.05, 0.1) is 18.8 Å². The highest BCUT2D eigenvalue weighted by Gasteiger charge is 2.26. The smallest absolute Gasteiger partial charge is 0.220 e.